The van der Waals surface area contributed by atoms with Crippen LogP contribution in [-0.4, -0.2) is 42.4 Å². The van der Waals surface area contributed by atoms with Gasteiger partial charge >= 0.3 is 0 Å². The first-order chi connectivity index (χ1) is 14.5. The standard InChI is InChI=1S/C22H27N7S/c1-14(2)29-12-8-16(26-29)18-15(3)17-20(28-10-6-5-7-11-28)24-19(25-22(17)30-18)21-23-9-13-27(21)4/h8-9,12-14H,5-7,10-11H2,1-4H3. The average Bonchev–Trinajstić information content (AvgIpc) is 3.47. The highest BCUT2D eigenvalue weighted by Crippen LogP contribution is 2.41. The zero-order valence-electron chi connectivity index (χ0n) is 18.0. The fourth-order valence-electron chi connectivity index (χ4n) is 4.12. The summed E-state index contributed by atoms with van der Waals surface area (Å²) in [5.41, 5.74) is 2.23. The highest BCUT2D eigenvalue weighted by molar-refractivity contribution is 7.22. The van der Waals surface area contributed by atoms with E-state index in [1.807, 2.05) is 22.5 Å². The van der Waals surface area contributed by atoms with Crippen LogP contribution in [0.3, 0.4) is 0 Å². The lowest BCUT2D eigenvalue weighted by molar-refractivity contribution is 0.534. The van der Waals surface area contributed by atoms with Crippen LogP contribution in [0.4, 0.5) is 5.82 Å². The van der Waals surface area contributed by atoms with E-state index in [9.17, 15) is 0 Å². The minimum absolute atomic E-state index is 0.340. The molecule has 0 radical (unpaired) electrons. The minimum atomic E-state index is 0.340. The topological polar surface area (TPSA) is 64.7 Å². The van der Waals surface area contributed by atoms with Crippen LogP contribution in [0.15, 0.2) is 24.7 Å². The first-order valence-corrected chi connectivity index (χ1v) is 11.4. The smallest absolute Gasteiger partial charge is 0.199 e. The lowest BCUT2D eigenvalue weighted by atomic mass is 10.1. The van der Waals surface area contributed by atoms with Gasteiger partial charge in [0.2, 0.25) is 0 Å². The number of anilines is 1. The van der Waals surface area contributed by atoms with E-state index in [1.54, 1.807) is 17.5 Å². The van der Waals surface area contributed by atoms with Gasteiger partial charge in [0.15, 0.2) is 11.6 Å². The van der Waals surface area contributed by atoms with E-state index in [2.05, 4.69) is 42.9 Å². The second-order valence-corrected chi connectivity index (χ2v) is 9.29. The van der Waals surface area contributed by atoms with E-state index >= 15 is 0 Å². The van der Waals surface area contributed by atoms with Crippen molar-refractivity contribution in [1.82, 2.24) is 29.3 Å². The summed E-state index contributed by atoms with van der Waals surface area (Å²) in [6.07, 6.45) is 9.49. The number of thiophene rings is 1. The van der Waals surface area contributed by atoms with Crippen LogP contribution in [0.1, 0.15) is 44.7 Å². The lowest BCUT2D eigenvalue weighted by Crippen LogP contribution is -2.30. The molecule has 0 unspecified atom stereocenters. The molecule has 0 atom stereocenters. The predicted octanol–water partition coefficient (Wildman–Crippen LogP) is 4.83. The number of rotatable bonds is 4. The molecule has 0 aromatic carbocycles. The molecular formula is C22H27N7S. The Labute approximate surface area is 180 Å². The highest BCUT2D eigenvalue weighted by atomic mass is 32.1. The summed E-state index contributed by atoms with van der Waals surface area (Å²) in [5, 5.41) is 5.97. The molecular weight excluding hydrogens is 394 g/mol. The maximum Gasteiger partial charge on any atom is 0.199 e. The molecule has 5 rings (SSSR count). The van der Waals surface area contributed by atoms with E-state index in [0.717, 1.165) is 40.6 Å². The van der Waals surface area contributed by atoms with Gasteiger partial charge in [-0.15, -0.1) is 11.3 Å². The van der Waals surface area contributed by atoms with Crippen molar-refractivity contribution >= 4 is 27.4 Å². The van der Waals surface area contributed by atoms with Gasteiger partial charge in [-0.25, -0.2) is 15.0 Å². The third kappa shape index (κ3) is 3.19. The van der Waals surface area contributed by atoms with Gasteiger partial charge in [0.05, 0.1) is 10.3 Å². The molecule has 8 heteroatoms. The van der Waals surface area contributed by atoms with Gasteiger partial charge in [0.1, 0.15) is 16.3 Å². The first kappa shape index (κ1) is 19.2. The molecule has 0 amide bonds. The molecule has 156 valence electrons. The van der Waals surface area contributed by atoms with Crippen LogP contribution in [0, 0.1) is 6.92 Å². The number of fused-ring (bicyclic) bond motifs is 1. The summed E-state index contributed by atoms with van der Waals surface area (Å²) < 4.78 is 3.99. The van der Waals surface area contributed by atoms with E-state index in [4.69, 9.17) is 15.1 Å². The first-order valence-electron chi connectivity index (χ1n) is 10.6. The van der Waals surface area contributed by atoms with Crippen LogP contribution in [0.5, 0.6) is 0 Å². The van der Waals surface area contributed by atoms with Crippen molar-refractivity contribution in [2.24, 2.45) is 7.05 Å². The van der Waals surface area contributed by atoms with Gasteiger partial charge in [0.25, 0.3) is 0 Å². The van der Waals surface area contributed by atoms with Crippen molar-refractivity contribution in [3.8, 4) is 22.2 Å². The Bertz CT molecular complexity index is 1190. The number of nitrogens with zero attached hydrogens (tertiary/aromatic N) is 7. The minimum Gasteiger partial charge on any atom is -0.356 e. The zero-order chi connectivity index (χ0) is 20.8. The maximum atomic E-state index is 5.04. The monoisotopic (exact) mass is 421 g/mol. The fraction of sp³-hybridized carbons (Fsp3) is 0.455. The zero-order valence-corrected chi connectivity index (χ0v) is 18.8. The SMILES string of the molecule is Cc1c(-c2ccn(C(C)C)n2)sc2nc(-c3nccn3C)nc(N3CCCCC3)c12. The number of hydrogen-bond acceptors (Lipinski definition) is 6. The van der Waals surface area contributed by atoms with Gasteiger partial charge < -0.3 is 9.47 Å². The number of aryl methyl sites for hydroxylation is 2. The number of aromatic nitrogens is 6. The van der Waals surface area contributed by atoms with Crippen molar-refractivity contribution in [2.45, 2.75) is 46.1 Å². The Balaban J connectivity index is 1.71. The largest absolute Gasteiger partial charge is 0.356 e. The van der Waals surface area contributed by atoms with E-state index in [0.29, 0.717) is 11.9 Å². The van der Waals surface area contributed by atoms with Crippen LogP contribution < -0.4 is 4.90 Å². The molecule has 1 aliphatic heterocycles. The average molecular weight is 422 g/mol. The van der Waals surface area contributed by atoms with Crippen molar-refractivity contribution in [3.05, 3.63) is 30.2 Å². The molecule has 1 fully saturated rings. The van der Waals surface area contributed by atoms with Gasteiger partial charge in [0, 0.05) is 44.8 Å². The second-order valence-electron chi connectivity index (χ2n) is 8.29. The quantitative estimate of drug-likeness (QED) is 0.472. The van der Waals surface area contributed by atoms with Gasteiger partial charge in [-0.1, -0.05) is 0 Å². The van der Waals surface area contributed by atoms with Gasteiger partial charge in [-0.05, 0) is 51.7 Å². The van der Waals surface area contributed by atoms with Crippen LogP contribution in [0.2, 0.25) is 0 Å². The van der Waals surface area contributed by atoms with Crippen LogP contribution >= 0.6 is 11.3 Å². The molecule has 4 aromatic heterocycles. The Morgan fingerprint density at radius 1 is 1.07 bits per heavy atom. The number of hydrogen-bond donors (Lipinski definition) is 0. The second kappa shape index (κ2) is 7.50. The maximum absolute atomic E-state index is 5.04. The molecule has 1 saturated heterocycles. The van der Waals surface area contributed by atoms with Crippen molar-refractivity contribution in [2.75, 3.05) is 18.0 Å². The molecule has 0 spiro atoms. The van der Waals surface area contributed by atoms with Crippen LogP contribution in [-0.2, 0) is 7.05 Å². The van der Waals surface area contributed by atoms with Crippen molar-refractivity contribution in [1.29, 1.82) is 0 Å². The molecule has 0 N–H and O–H groups in total. The van der Waals surface area contributed by atoms with Crippen molar-refractivity contribution < 1.29 is 0 Å². The summed E-state index contributed by atoms with van der Waals surface area (Å²) >= 11 is 1.71. The summed E-state index contributed by atoms with van der Waals surface area (Å²) in [6.45, 7) is 8.55. The summed E-state index contributed by atoms with van der Waals surface area (Å²) in [7, 11) is 1.99. The normalized spacial score (nSPS) is 14.9. The molecule has 0 aliphatic carbocycles. The van der Waals surface area contributed by atoms with Crippen LogP contribution in [0.25, 0.3) is 32.4 Å². The molecule has 4 aromatic rings. The third-order valence-corrected chi connectivity index (χ3v) is 7.03. The predicted molar refractivity (Wildman–Crippen MR) is 122 cm³/mol. The Hall–Kier alpha value is -2.74. The van der Waals surface area contributed by atoms with E-state index in [1.165, 1.54) is 29.7 Å². The third-order valence-electron chi connectivity index (χ3n) is 5.82. The number of piperidine rings is 1. The molecule has 7 nitrogen and oxygen atoms in total. The van der Waals surface area contributed by atoms with Crippen molar-refractivity contribution in [3.63, 3.8) is 0 Å². The molecule has 5 heterocycles. The molecule has 0 bridgehead atoms. The Morgan fingerprint density at radius 3 is 2.53 bits per heavy atom. The lowest BCUT2D eigenvalue weighted by Gasteiger charge is -2.28. The Morgan fingerprint density at radius 2 is 1.87 bits per heavy atom. The molecule has 0 saturated carbocycles. The summed E-state index contributed by atoms with van der Waals surface area (Å²) in [4.78, 5) is 19.1. The summed E-state index contributed by atoms with van der Waals surface area (Å²) in [6, 6.07) is 2.44. The van der Waals surface area contributed by atoms with Gasteiger partial charge in [-0.3, -0.25) is 4.68 Å². The van der Waals surface area contributed by atoms with Gasteiger partial charge in [-0.2, -0.15) is 5.10 Å². The van der Waals surface area contributed by atoms with E-state index < -0.39 is 0 Å². The Kier molecular flexibility index (Phi) is 4.81. The number of imidazole rings is 1. The summed E-state index contributed by atoms with van der Waals surface area (Å²) in [5.74, 6) is 2.53. The highest BCUT2D eigenvalue weighted by Gasteiger charge is 2.24. The molecule has 1 aliphatic rings. The van der Waals surface area contributed by atoms with E-state index in [-0.39, 0.29) is 0 Å². The fourth-order valence-corrected chi connectivity index (χ4v) is 5.26. The molecule has 30 heavy (non-hydrogen) atoms.